The zero-order valence-corrected chi connectivity index (χ0v) is 24.5. The van der Waals surface area contributed by atoms with Crippen molar-refractivity contribution < 1.29 is 18.8 Å². The number of rotatable bonds is 10. The van der Waals surface area contributed by atoms with E-state index in [0.29, 0.717) is 18.0 Å². The highest BCUT2D eigenvalue weighted by molar-refractivity contribution is 7.99. The van der Waals surface area contributed by atoms with Crippen LogP contribution in [0.4, 0.5) is 0 Å². The second kappa shape index (κ2) is 11.7. The van der Waals surface area contributed by atoms with Crippen LogP contribution in [0.1, 0.15) is 77.3 Å². The predicted molar refractivity (Wildman–Crippen MR) is 156 cm³/mol. The third-order valence-corrected chi connectivity index (χ3v) is 10.9. The molecule has 0 amide bonds. The maximum absolute atomic E-state index is 14.6. The van der Waals surface area contributed by atoms with Crippen molar-refractivity contribution in [2.75, 3.05) is 18.8 Å². The number of ether oxygens (including phenoxy) is 2. The summed E-state index contributed by atoms with van der Waals surface area (Å²) < 4.78 is 14.9. The molecule has 0 N–H and O–H groups in total. The molecule has 0 aromatic heterocycles. The summed E-state index contributed by atoms with van der Waals surface area (Å²) >= 11 is 1.81. The topological polar surface area (TPSA) is 35.5 Å². The van der Waals surface area contributed by atoms with E-state index in [0.717, 1.165) is 29.7 Å². The van der Waals surface area contributed by atoms with Crippen LogP contribution in [0.2, 0.25) is 0 Å². The van der Waals surface area contributed by atoms with Gasteiger partial charge in [-0.2, -0.15) is 0 Å². The fourth-order valence-corrected chi connectivity index (χ4v) is 8.47. The van der Waals surface area contributed by atoms with Gasteiger partial charge in [0.1, 0.15) is 11.5 Å². The average molecular weight is 537 g/mol. The number of nitrogens with zero attached hydrogens (tertiary/aromatic N) is 1. The summed E-state index contributed by atoms with van der Waals surface area (Å²) in [5, 5.41) is 0. The van der Waals surface area contributed by atoms with Gasteiger partial charge in [0, 0.05) is 38.5 Å². The van der Waals surface area contributed by atoms with Crippen molar-refractivity contribution in [1.29, 1.82) is 0 Å². The molecule has 2 bridgehead atoms. The summed E-state index contributed by atoms with van der Waals surface area (Å²) in [6, 6.07) is 21.4. The van der Waals surface area contributed by atoms with Crippen molar-refractivity contribution in [1.82, 2.24) is 0 Å². The molecular formula is C33H46NO3S+. The van der Waals surface area contributed by atoms with E-state index in [4.69, 9.17) is 9.47 Å². The number of carbonyl (C=O) groups excluding carboxylic acids is 1. The Morgan fingerprint density at radius 3 is 1.89 bits per heavy atom. The molecule has 206 valence electrons. The van der Waals surface area contributed by atoms with E-state index >= 15 is 0 Å². The van der Waals surface area contributed by atoms with E-state index < -0.39 is 5.60 Å². The maximum Gasteiger partial charge on any atom is 0.348 e. The van der Waals surface area contributed by atoms with Crippen molar-refractivity contribution in [3.05, 3.63) is 71.8 Å². The molecule has 38 heavy (non-hydrogen) atoms. The van der Waals surface area contributed by atoms with Gasteiger partial charge in [0.15, 0.2) is 0 Å². The third-order valence-electron chi connectivity index (χ3n) is 9.11. The van der Waals surface area contributed by atoms with Gasteiger partial charge in [-0.1, -0.05) is 88.4 Å². The molecule has 3 atom stereocenters. The largest absolute Gasteiger partial charge is 0.459 e. The van der Waals surface area contributed by atoms with Crippen LogP contribution in [0.3, 0.4) is 0 Å². The van der Waals surface area contributed by atoms with E-state index in [1.165, 1.54) is 43.3 Å². The molecule has 2 aromatic carbocycles. The van der Waals surface area contributed by atoms with Gasteiger partial charge in [-0.3, -0.25) is 0 Å². The molecule has 1 spiro atoms. The molecular weight excluding hydrogens is 490 g/mol. The van der Waals surface area contributed by atoms with Crippen molar-refractivity contribution in [2.45, 2.75) is 95.4 Å². The van der Waals surface area contributed by atoms with Crippen molar-refractivity contribution in [3.8, 4) is 0 Å². The van der Waals surface area contributed by atoms with Gasteiger partial charge in [0.2, 0.25) is 5.60 Å². The first kappa shape index (κ1) is 27.7. The lowest BCUT2D eigenvalue weighted by Gasteiger charge is -2.47. The average Bonchev–Trinajstić information content (AvgIpc) is 3.46. The van der Waals surface area contributed by atoms with Gasteiger partial charge in [-0.05, 0) is 28.7 Å². The Kier molecular flexibility index (Phi) is 8.57. The lowest BCUT2D eigenvalue weighted by molar-refractivity contribution is -0.956. The minimum atomic E-state index is -1.31. The number of benzene rings is 2. The van der Waals surface area contributed by atoms with Crippen LogP contribution in [0.25, 0.3) is 0 Å². The predicted octanol–water partition coefficient (Wildman–Crippen LogP) is 7.17. The van der Waals surface area contributed by atoms with Crippen LogP contribution >= 0.6 is 11.8 Å². The van der Waals surface area contributed by atoms with Crippen LogP contribution in [0.15, 0.2) is 60.7 Å². The standard InChI is InChI=1S/C33H46NO3S/c1-24(2)23-38-31(25(3)4)37-33(26-13-7-5-8-14-26,27-15-9-6-10-16-27)32(35)36-30-21-28-17-18-29(22-30)34(28)19-11-12-20-34/h5-10,13-16,24-25,28-31H,11-12,17-23H2,1-4H3/q+1. The highest BCUT2D eigenvalue weighted by Crippen LogP contribution is 2.47. The smallest absolute Gasteiger partial charge is 0.348 e. The molecule has 4 nitrogen and oxygen atoms in total. The molecule has 3 saturated heterocycles. The number of carbonyl (C=O) groups is 1. The molecule has 0 radical (unpaired) electrons. The highest BCUT2D eigenvalue weighted by atomic mass is 32.2. The lowest BCUT2D eigenvalue weighted by Crippen LogP contribution is -2.60. The molecule has 0 aliphatic carbocycles. The minimum Gasteiger partial charge on any atom is -0.459 e. The van der Waals surface area contributed by atoms with Crippen molar-refractivity contribution >= 4 is 17.7 Å². The minimum absolute atomic E-state index is 0.0411. The summed E-state index contributed by atoms with van der Waals surface area (Å²) in [5.74, 6) is 1.50. The summed E-state index contributed by atoms with van der Waals surface area (Å²) in [4.78, 5) is 14.6. The summed E-state index contributed by atoms with van der Waals surface area (Å²) in [6.45, 7) is 11.5. The van der Waals surface area contributed by atoms with E-state index in [9.17, 15) is 4.79 Å². The SMILES string of the molecule is CC(C)CSC(OC(C(=O)OC1CC2CCC(C1)[N+]21CCCC1)(c1ccccc1)c1ccccc1)C(C)C. The summed E-state index contributed by atoms with van der Waals surface area (Å²) in [7, 11) is 0. The fraction of sp³-hybridized carbons (Fsp3) is 0.606. The molecule has 3 heterocycles. The maximum atomic E-state index is 14.6. The molecule has 3 aliphatic heterocycles. The third kappa shape index (κ3) is 5.31. The number of piperidine rings is 1. The second-order valence-electron chi connectivity index (χ2n) is 12.5. The Labute approximate surface area is 234 Å². The summed E-state index contributed by atoms with van der Waals surface area (Å²) in [6.07, 6.45) is 7.18. The Bertz CT molecular complexity index is 995. The van der Waals surface area contributed by atoms with Gasteiger partial charge < -0.3 is 14.0 Å². The first-order valence-corrected chi connectivity index (χ1v) is 15.9. The molecule has 3 unspecified atom stereocenters. The van der Waals surface area contributed by atoms with Crippen molar-refractivity contribution in [3.63, 3.8) is 0 Å². The Hall–Kier alpha value is -1.82. The van der Waals surface area contributed by atoms with E-state index in [1.54, 1.807) is 0 Å². The van der Waals surface area contributed by atoms with Crippen LogP contribution < -0.4 is 0 Å². The molecule has 5 rings (SSSR count). The molecule has 2 aromatic rings. The number of thioether (sulfide) groups is 1. The van der Waals surface area contributed by atoms with Gasteiger partial charge in [0.25, 0.3) is 0 Å². The molecule has 3 fully saturated rings. The first-order chi connectivity index (χ1) is 18.3. The van der Waals surface area contributed by atoms with Crippen LogP contribution in [0, 0.1) is 11.8 Å². The normalized spacial score (nSPS) is 25.3. The Morgan fingerprint density at radius 1 is 0.895 bits per heavy atom. The van der Waals surface area contributed by atoms with Gasteiger partial charge in [0.05, 0.1) is 25.2 Å². The van der Waals surface area contributed by atoms with Crippen molar-refractivity contribution in [2.24, 2.45) is 11.8 Å². The van der Waals surface area contributed by atoms with E-state index in [-0.39, 0.29) is 23.4 Å². The first-order valence-electron chi connectivity index (χ1n) is 14.8. The van der Waals surface area contributed by atoms with E-state index in [1.807, 2.05) is 72.4 Å². The van der Waals surface area contributed by atoms with Crippen LogP contribution in [-0.2, 0) is 19.9 Å². The fourth-order valence-electron chi connectivity index (χ4n) is 7.30. The quantitative estimate of drug-likeness (QED) is 0.183. The molecule has 3 aliphatic rings. The second-order valence-corrected chi connectivity index (χ2v) is 13.6. The zero-order chi connectivity index (χ0) is 26.8. The summed E-state index contributed by atoms with van der Waals surface area (Å²) in [5.41, 5.74) is 0.228. The number of quaternary nitrogens is 1. The van der Waals surface area contributed by atoms with E-state index in [2.05, 4.69) is 27.7 Å². The molecule has 0 saturated carbocycles. The monoisotopic (exact) mass is 536 g/mol. The highest BCUT2D eigenvalue weighted by Gasteiger charge is 2.57. The molecule has 5 heteroatoms. The Morgan fingerprint density at radius 2 is 1.42 bits per heavy atom. The Balaban J connectivity index is 1.49. The van der Waals surface area contributed by atoms with Gasteiger partial charge >= 0.3 is 5.97 Å². The number of hydrogen-bond acceptors (Lipinski definition) is 4. The number of hydrogen-bond donors (Lipinski definition) is 0. The van der Waals surface area contributed by atoms with Crippen LogP contribution in [0.5, 0.6) is 0 Å². The zero-order valence-electron chi connectivity index (χ0n) is 23.7. The number of esters is 1. The lowest BCUT2D eigenvalue weighted by atomic mass is 9.85. The van der Waals surface area contributed by atoms with Gasteiger partial charge in [-0.25, -0.2) is 4.79 Å². The van der Waals surface area contributed by atoms with Gasteiger partial charge in [-0.15, -0.1) is 11.8 Å². The van der Waals surface area contributed by atoms with Crippen LogP contribution in [-0.4, -0.2) is 52.9 Å².